The van der Waals surface area contributed by atoms with Crippen molar-refractivity contribution in [3.63, 3.8) is 0 Å². The second kappa shape index (κ2) is 13.5. The highest BCUT2D eigenvalue weighted by Gasteiger charge is 2.63. The SMILES string of the molecule is Cc1nc2ccccc2c2c1O[C@]1(CC2)C[C@H]2C(=O)C[C@]3(C(=O)NS(=O)(=O)C4(C)CC4)C[C@H]3/C=C\CCCCC[C@H](CC(=O)N3CCCC3)C(=O)N2C1. The van der Waals surface area contributed by atoms with E-state index in [9.17, 15) is 27.6 Å². The second-order valence-corrected chi connectivity index (χ2v) is 19.2. The van der Waals surface area contributed by atoms with Gasteiger partial charge in [-0.25, -0.2) is 13.4 Å². The highest BCUT2D eigenvalue weighted by Crippen LogP contribution is 2.58. The predicted molar refractivity (Wildman–Crippen MR) is 199 cm³/mol. The number of hydrogen-bond acceptors (Lipinski definition) is 8. The maximum absolute atomic E-state index is 14.8. The first-order valence-electron chi connectivity index (χ1n) is 19.8. The highest BCUT2D eigenvalue weighted by molar-refractivity contribution is 7.91. The predicted octanol–water partition coefficient (Wildman–Crippen LogP) is 5.32. The van der Waals surface area contributed by atoms with Gasteiger partial charge in [0.2, 0.25) is 27.7 Å². The fourth-order valence-electron chi connectivity index (χ4n) is 9.42. The Hall–Kier alpha value is -3.80. The minimum absolute atomic E-state index is 0.0167. The van der Waals surface area contributed by atoms with Crippen molar-refractivity contribution in [3.05, 3.63) is 47.7 Å². The molecule has 2 aliphatic carbocycles. The van der Waals surface area contributed by atoms with E-state index >= 15 is 0 Å². The van der Waals surface area contributed by atoms with Crippen molar-refractivity contribution in [2.24, 2.45) is 17.3 Å². The van der Waals surface area contributed by atoms with E-state index in [-0.39, 0.29) is 49.3 Å². The zero-order valence-electron chi connectivity index (χ0n) is 31.0. The Morgan fingerprint density at radius 1 is 1.02 bits per heavy atom. The molecular formula is C41H52N4O7S. The topological polar surface area (TPSA) is 143 Å². The lowest BCUT2D eigenvalue weighted by molar-refractivity contribution is -0.145. The zero-order chi connectivity index (χ0) is 37.2. The summed E-state index contributed by atoms with van der Waals surface area (Å²) in [5, 5.41) is 1.03. The lowest BCUT2D eigenvalue weighted by Crippen LogP contribution is -2.48. The average molecular weight is 745 g/mol. The molecule has 4 aliphatic heterocycles. The summed E-state index contributed by atoms with van der Waals surface area (Å²) in [5.74, 6) is -1.28. The van der Waals surface area contributed by atoms with E-state index in [1.54, 1.807) is 11.8 Å². The van der Waals surface area contributed by atoms with Gasteiger partial charge in [-0.15, -0.1) is 0 Å². The number of ketones is 1. The number of para-hydroxylation sites is 1. The van der Waals surface area contributed by atoms with Crippen molar-refractivity contribution in [1.82, 2.24) is 19.5 Å². The van der Waals surface area contributed by atoms with Gasteiger partial charge in [-0.2, -0.15) is 0 Å². The van der Waals surface area contributed by atoms with Gasteiger partial charge in [0, 0.05) is 49.2 Å². The normalized spacial score (nSPS) is 31.8. The van der Waals surface area contributed by atoms with E-state index in [0.717, 1.165) is 60.7 Å². The molecule has 1 aromatic heterocycles. The average Bonchev–Trinajstić information content (AvgIpc) is 3.90. The number of carbonyl (C=O) groups is 4. The molecular weight excluding hydrogens is 693 g/mol. The molecule has 1 N–H and O–H groups in total. The van der Waals surface area contributed by atoms with Crippen LogP contribution in [0.15, 0.2) is 36.4 Å². The number of rotatable bonds is 5. The van der Waals surface area contributed by atoms with Gasteiger partial charge in [0.15, 0.2) is 5.78 Å². The van der Waals surface area contributed by atoms with Crippen LogP contribution in [0.5, 0.6) is 5.75 Å². The maximum atomic E-state index is 14.8. The van der Waals surface area contributed by atoms with Gasteiger partial charge in [0.1, 0.15) is 11.4 Å². The number of ether oxygens (including phenoxy) is 1. The Morgan fingerprint density at radius 3 is 2.57 bits per heavy atom. The van der Waals surface area contributed by atoms with Crippen LogP contribution in [0.3, 0.4) is 0 Å². The number of likely N-dealkylation sites (tertiary alicyclic amines) is 1. The van der Waals surface area contributed by atoms with E-state index in [1.807, 2.05) is 48.2 Å². The molecule has 5 atom stereocenters. The number of aryl methyl sites for hydroxylation is 2. The smallest absolute Gasteiger partial charge is 0.240 e. The molecule has 0 unspecified atom stereocenters. The number of Topliss-reactive ketones (excluding diaryl/α,β-unsaturated/α-hetero) is 1. The summed E-state index contributed by atoms with van der Waals surface area (Å²) in [5.41, 5.74) is 0.662. The number of carbonyl (C=O) groups excluding carboxylic acids is 4. The number of nitrogens with one attached hydrogen (secondary N) is 1. The number of sulfonamides is 1. The van der Waals surface area contributed by atoms with Gasteiger partial charge in [0.05, 0.1) is 34.0 Å². The van der Waals surface area contributed by atoms with Gasteiger partial charge in [-0.3, -0.25) is 23.9 Å². The fourth-order valence-corrected chi connectivity index (χ4v) is 10.8. The summed E-state index contributed by atoms with van der Waals surface area (Å²) >= 11 is 0. The Balaban J connectivity index is 1.13. The molecule has 0 radical (unpaired) electrons. The number of benzene rings is 1. The largest absolute Gasteiger partial charge is 0.483 e. The van der Waals surface area contributed by atoms with Crippen molar-refractivity contribution in [2.75, 3.05) is 19.6 Å². The number of aromatic nitrogens is 1. The summed E-state index contributed by atoms with van der Waals surface area (Å²) in [6, 6.07) is 7.11. The molecule has 2 saturated carbocycles. The number of nitrogens with zero attached hydrogens (tertiary/aromatic N) is 3. The Kier molecular flexibility index (Phi) is 9.22. The molecule has 1 aromatic carbocycles. The summed E-state index contributed by atoms with van der Waals surface area (Å²) in [6.45, 7) is 5.16. The van der Waals surface area contributed by atoms with Crippen molar-refractivity contribution < 1.29 is 32.3 Å². The van der Waals surface area contributed by atoms with Crippen LogP contribution in [0, 0.1) is 24.2 Å². The van der Waals surface area contributed by atoms with E-state index in [0.29, 0.717) is 57.4 Å². The molecule has 11 nitrogen and oxygen atoms in total. The van der Waals surface area contributed by atoms with Gasteiger partial charge in [0.25, 0.3) is 0 Å². The molecule has 2 saturated heterocycles. The van der Waals surface area contributed by atoms with Gasteiger partial charge < -0.3 is 14.5 Å². The molecule has 3 amide bonds. The molecule has 6 aliphatic rings. The Bertz CT molecular complexity index is 1990. The van der Waals surface area contributed by atoms with E-state index in [4.69, 9.17) is 9.72 Å². The Labute approximate surface area is 312 Å². The third kappa shape index (κ3) is 6.67. The van der Waals surface area contributed by atoms with Crippen LogP contribution in [0.1, 0.15) is 108 Å². The summed E-state index contributed by atoms with van der Waals surface area (Å²) in [7, 11) is -3.91. The first-order valence-corrected chi connectivity index (χ1v) is 21.2. The molecule has 8 rings (SSSR count). The molecule has 2 aromatic rings. The van der Waals surface area contributed by atoms with Crippen LogP contribution in [-0.2, 0) is 35.6 Å². The maximum Gasteiger partial charge on any atom is 0.240 e. The van der Waals surface area contributed by atoms with Gasteiger partial charge in [-0.1, -0.05) is 43.2 Å². The quantitative estimate of drug-likeness (QED) is 0.406. The minimum atomic E-state index is -3.91. The summed E-state index contributed by atoms with van der Waals surface area (Å²) in [6.07, 6.45) is 12.6. The first-order chi connectivity index (χ1) is 25.3. The number of pyridine rings is 1. The highest BCUT2D eigenvalue weighted by atomic mass is 32.2. The van der Waals surface area contributed by atoms with Gasteiger partial charge >= 0.3 is 0 Å². The van der Waals surface area contributed by atoms with Crippen LogP contribution < -0.4 is 9.46 Å². The summed E-state index contributed by atoms with van der Waals surface area (Å²) < 4.78 is 34.8. The van der Waals surface area contributed by atoms with Crippen LogP contribution in [0.25, 0.3) is 10.9 Å². The van der Waals surface area contributed by atoms with Crippen molar-refractivity contribution in [1.29, 1.82) is 0 Å². The third-order valence-corrected chi connectivity index (χ3v) is 15.4. The van der Waals surface area contributed by atoms with E-state index in [1.165, 1.54) is 0 Å². The van der Waals surface area contributed by atoms with Gasteiger partial charge in [-0.05, 0) is 90.0 Å². The second-order valence-electron chi connectivity index (χ2n) is 17.0. The summed E-state index contributed by atoms with van der Waals surface area (Å²) in [4.78, 5) is 65.5. The first kappa shape index (κ1) is 36.2. The molecule has 5 heterocycles. The lowest BCUT2D eigenvalue weighted by atomic mass is 9.85. The number of fused-ring (bicyclic) bond motifs is 5. The number of allylic oxidation sites excluding steroid dienone is 2. The molecule has 284 valence electrons. The molecule has 4 fully saturated rings. The Morgan fingerprint density at radius 2 is 1.79 bits per heavy atom. The van der Waals surface area contributed by atoms with Crippen LogP contribution >= 0.6 is 0 Å². The molecule has 53 heavy (non-hydrogen) atoms. The third-order valence-electron chi connectivity index (χ3n) is 13.3. The standard InChI is InChI=1S/C41H52N4O7S/c1-27-36-31(30-14-8-9-15-32(30)42-27)16-17-40(52-36)24-33-34(46)25-41(38(49)43-53(50,51)39(2)18-19-39)23-29(41)13-7-5-3-4-6-12-28(37(48)45(33)26-40)22-35(47)44-20-10-11-21-44/h7-9,13-15,28-29,33H,3-6,10-12,16-26H2,1-2H3,(H,43,49)/b13-7-/t28-,29-,33+,40-,41-/m1/s1. The van der Waals surface area contributed by atoms with Crippen LogP contribution in [0.4, 0.5) is 0 Å². The fraction of sp³-hybridized carbons (Fsp3) is 0.634. The van der Waals surface area contributed by atoms with Crippen molar-refractivity contribution >= 4 is 44.4 Å². The van der Waals surface area contributed by atoms with Crippen LogP contribution in [-0.4, -0.2) is 82.7 Å². The molecule has 1 spiro atoms. The van der Waals surface area contributed by atoms with E-state index < -0.39 is 43.7 Å². The number of amides is 3. The van der Waals surface area contributed by atoms with E-state index in [2.05, 4.69) is 4.72 Å². The zero-order valence-corrected chi connectivity index (χ0v) is 31.8. The number of hydrogen-bond donors (Lipinski definition) is 1. The van der Waals surface area contributed by atoms with Crippen molar-refractivity contribution in [2.45, 2.75) is 127 Å². The monoisotopic (exact) mass is 744 g/mol. The minimum Gasteiger partial charge on any atom is -0.483 e. The van der Waals surface area contributed by atoms with Crippen LogP contribution in [0.2, 0.25) is 0 Å². The van der Waals surface area contributed by atoms with Crippen molar-refractivity contribution in [3.8, 4) is 5.75 Å². The lowest BCUT2D eigenvalue weighted by Gasteiger charge is -2.36. The molecule has 12 heteroatoms. The molecule has 0 bridgehead atoms.